The van der Waals surface area contributed by atoms with Crippen molar-refractivity contribution in [1.29, 1.82) is 0 Å². The number of anilines is 1. The number of thiocarbonyl (C=S) groups is 1. The Morgan fingerprint density at radius 3 is 2.44 bits per heavy atom. The first kappa shape index (κ1) is 25.2. The van der Waals surface area contributed by atoms with Crippen LogP contribution in [0.15, 0.2) is 54.6 Å². The first-order chi connectivity index (χ1) is 16.4. The quantitative estimate of drug-likeness (QED) is 0.388. The molecule has 2 aromatic carbocycles. The fraction of sp³-hybridized carbons (Fsp3) is 0.360. The van der Waals surface area contributed by atoms with Crippen LogP contribution in [0.3, 0.4) is 0 Å². The van der Waals surface area contributed by atoms with E-state index in [0.717, 1.165) is 17.7 Å². The first-order valence-corrected chi connectivity index (χ1v) is 11.6. The Morgan fingerprint density at radius 2 is 1.79 bits per heavy atom. The van der Waals surface area contributed by atoms with Crippen LogP contribution in [0.4, 0.5) is 5.69 Å². The van der Waals surface area contributed by atoms with E-state index in [4.69, 9.17) is 21.7 Å². The van der Waals surface area contributed by atoms with Crippen LogP contribution < -0.4 is 10.1 Å². The van der Waals surface area contributed by atoms with Crippen LogP contribution in [0.25, 0.3) is 0 Å². The maximum absolute atomic E-state index is 13.2. The minimum atomic E-state index is -0.880. The minimum absolute atomic E-state index is 0.147. The van der Waals surface area contributed by atoms with Crippen molar-refractivity contribution in [2.45, 2.75) is 32.2 Å². The summed E-state index contributed by atoms with van der Waals surface area (Å²) < 4.78 is 10.3. The van der Waals surface area contributed by atoms with Crippen LogP contribution in [0, 0.1) is 0 Å². The Labute approximate surface area is 204 Å². The van der Waals surface area contributed by atoms with Crippen LogP contribution in [0.1, 0.15) is 25.3 Å². The molecule has 0 aliphatic carbocycles. The largest absolute Gasteiger partial charge is 0.494 e. The molecule has 1 unspecified atom stereocenters. The van der Waals surface area contributed by atoms with Crippen molar-refractivity contribution >= 4 is 40.8 Å². The predicted octanol–water partition coefficient (Wildman–Crippen LogP) is 3.02. The second-order valence-electron chi connectivity index (χ2n) is 7.85. The topological polar surface area (TPSA) is 88.2 Å². The summed E-state index contributed by atoms with van der Waals surface area (Å²) in [5.74, 6) is -0.478. The van der Waals surface area contributed by atoms with Crippen molar-refractivity contribution < 1.29 is 23.9 Å². The number of carbonyl (C=O) groups excluding carboxylic acids is 3. The average molecular weight is 484 g/mol. The summed E-state index contributed by atoms with van der Waals surface area (Å²) in [6.07, 6.45) is 1.36. The summed E-state index contributed by atoms with van der Waals surface area (Å²) in [5, 5.41) is 3.02. The molecular weight excluding hydrogens is 454 g/mol. The summed E-state index contributed by atoms with van der Waals surface area (Å²) in [7, 11) is 1.27. The van der Waals surface area contributed by atoms with Gasteiger partial charge >= 0.3 is 5.97 Å². The van der Waals surface area contributed by atoms with E-state index in [0.29, 0.717) is 25.3 Å². The molecule has 0 saturated carbocycles. The van der Waals surface area contributed by atoms with Gasteiger partial charge in [0.25, 0.3) is 5.91 Å². The standard InChI is InChI=1S/C25H29N3O5S/c1-3-15-33-20-11-9-19(10-12-20)26-22(29)16-21-24(31)27(14-13-18-7-5-4-6-8-18)25(34)28(21)17-23(30)32-2/h4-12,21H,3,13-17H2,1-2H3,(H,26,29). The Bertz CT molecular complexity index is 1010. The van der Waals surface area contributed by atoms with Crippen molar-refractivity contribution in [2.75, 3.05) is 32.1 Å². The fourth-order valence-corrected chi connectivity index (χ4v) is 3.98. The lowest BCUT2D eigenvalue weighted by atomic mass is 10.1. The van der Waals surface area contributed by atoms with E-state index in [2.05, 4.69) is 5.32 Å². The smallest absolute Gasteiger partial charge is 0.325 e. The first-order valence-electron chi connectivity index (χ1n) is 11.2. The van der Waals surface area contributed by atoms with Crippen LogP contribution in [-0.4, -0.2) is 65.5 Å². The molecule has 0 radical (unpaired) electrons. The summed E-state index contributed by atoms with van der Waals surface area (Å²) >= 11 is 5.51. The van der Waals surface area contributed by atoms with Crippen molar-refractivity contribution in [3.05, 3.63) is 60.2 Å². The predicted molar refractivity (Wildman–Crippen MR) is 132 cm³/mol. The zero-order valence-corrected chi connectivity index (χ0v) is 20.2. The van der Waals surface area contributed by atoms with Gasteiger partial charge in [-0.2, -0.15) is 0 Å². The summed E-state index contributed by atoms with van der Waals surface area (Å²) in [4.78, 5) is 40.9. The molecule has 0 bridgehead atoms. The number of rotatable bonds is 11. The summed E-state index contributed by atoms with van der Waals surface area (Å²) in [6.45, 7) is 2.80. The molecule has 9 heteroatoms. The van der Waals surface area contributed by atoms with Crippen LogP contribution in [-0.2, 0) is 25.5 Å². The van der Waals surface area contributed by atoms with Gasteiger partial charge in [0.15, 0.2) is 5.11 Å². The number of amides is 2. The highest BCUT2D eigenvalue weighted by Gasteiger charge is 2.44. The van der Waals surface area contributed by atoms with E-state index in [1.54, 1.807) is 24.3 Å². The molecule has 1 N–H and O–H groups in total. The molecule has 8 nitrogen and oxygen atoms in total. The van der Waals surface area contributed by atoms with Gasteiger partial charge in [0.1, 0.15) is 18.3 Å². The highest BCUT2D eigenvalue weighted by atomic mass is 32.1. The van der Waals surface area contributed by atoms with E-state index >= 15 is 0 Å². The molecule has 1 saturated heterocycles. The number of benzene rings is 2. The number of methoxy groups -OCH3 is 1. The lowest BCUT2D eigenvalue weighted by Gasteiger charge is -2.22. The maximum atomic E-state index is 13.2. The van der Waals surface area contributed by atoms with Gasteiger partial charge in [0.05, 0.1) is 20.1 Å². The van der Waals surface area contributed by atoms with Gasteiger partial charge in [0, 0.05) is 12.2 Å². The minimum Gasteiger partial charge on any atom is -0.494 e. The number of nitrogens with zero attached hydrogens (tertiary/aromatic N) is 2. The van der Waals surface area contributed by atoms with Crippen molar-refractivity contribution in [2.24, 2.45) is 0 Å². The van der Waals surface area contributed by atoms with Gasteiger partial charge < -0.3 is 19.7 Å². The molecular formula is C25H29N3O5S. The molecule has 34 heavy (non-hydrogen) atoms. The Hall–Kier alpha value is -3.46. The van der Waals surface area contributed by atoms with Crippen LogP contribution in [0.2, 0.25) is 0 Å². The van der Waals surface area contributed by atoms with E-state index in [1.165, 1.54) is 16.9 Å². The molecule has 0 spiro atoms. The van der Waals surface area contributed by atoms with E-state index < -0.39 is 12.0 Å². The van der Waals surface area contributed by atoms with Crippen molar-refractivity contribution in [3.63, 3.8) is 0 Å². The van der Waals surface area contributed by atoms with Crippen LogP contribution in [0.5, 0.6) is 5.75 Å². The van der Waals surface area contributed by atoms with E-state index in [1.807, 2.05) is 37.3 Å². The summed E-state index contributed by atoms with van der Waals surface area (Å²) in [5.41, 5.74) is 1.65. The second kappa shape index (κ2) is 12.1. The lowest BCUT2D eigenvalue weighted by Crippen LogP contribution is -2.41. The van der Waals surface area contributed by atoms with Crippen molar-refractivity contribution in [1.82, 2.24) is 9.80 Å². The zero-order chi connectivity index (χ0) is 24.5. The fourth-order valence-electron chi connectivity index (χ4n) is 3.61. The molecule has 2 amide bonds. The molecule has 2 aromatic rings. The average Bonchev–Trinajstić information content (AvgIpc) is 3.06. The third kappa shape index (κ3) is 6.54. The normalized spacial score (nSPS) is 15.4. The number of hydrogen-bond donors (Lipinski definition) is 1. The molecule has 3 rings (SSSR count). The van der Waals surface area contributed by atoms with E-state index in [9.17, 15) is 14.4 Å². The Kier molecular flexibility index (Phi) is 8.98. The lowest BCUT2D eigenvalue weighted by molar-refractivity contribution is -0.141. The number of esters is 1. The Balaban J connectivity index is 1.67. The second-order valence-corrected chi connectivity index (χ2v) is 8.22. The molecule has 1 fully saturated rings. The highest BCUT2D eigenvalue weighted by Crippen LogP contribution is 2.23. The van der Waals surface area contributed by atoms with E-state index in [-0.39, 0.29) is 29.9 Å². The van der Waals surface area contributed by atoms with Gasteiger partial charge in [0.2, 0.25) is 5.91 Å². The molecule has 1 atom stereocenters. The number of carbonyl (C=O) groups is 3. The van der Waals surface area contributed by atoms with Gasteiger partial charge in [-0.1, -0.05) is 37.3 Å². The van der Waals surface area contributed by atoms with Gasteiger partial charge in [-0.25, -0.2) is 0 Å². The monoisotopic (exact) mass is 483 g/mol. The SMILES string of the molecule is CCCOc1ccc(NC(=O)CC2C(=O)N(CCc3ccccc3)C(=S)N2CC(=O)OC)cc1. The summed E-state index contributed by atoms with van der Waals surface area (Å²) in [6, 6.07) is 15.9. The van der Waals surface area contributed by atoms with Crippen molar-refractivity contribution in [3.8, 4) is 5.75 Å². The molecule has 0 aromatic heterocycles. The molecule has 180 valence electrons. The van der Waals surface area contributed by atoms with Gasteiger partial charge in [-0.3, -0.25) is 19.3 Å². The molecule has 1 aliphatic rings. The van der Waals surface area contributed by atoms with Gasteiger partial charge in [-0.15, -0.1) is 0 Å². The third-order valence-electron chi connectivity index (χ3n) is 5.39. The number of ether oxygens (including phenoxy) is 2. The third-order valence-corrected chi connectivity index (χ3v) is 5.84. The Morgan fingerprint density at radius 1 is 1.09 bits per heavy atom. The maximum Gasteiger partial charge on any atom is 0.325 e. The number of nitrogens with one attached hydrogen (secondary N) is 1. The molecule has 1 aliphatic heterocycles. The van der Waals surface area contributed by atoms with Gasteiger partial charge in [-0.05, 0) is 54.9 Å². The highest BCUT2D eigenvalue weighted by molar-refractivity contribution is 7.80. The molecule has 1 heterocycles. The zero-order valence-electron chi connectivity index (χ0n) is 19.4. The number of hydrogen-bond acceptors (Lipinski definition) is 6. The van der Waals surface area contributed by atoms with Crippen LogP contribution >= 0.6 is 12.2 Å².